The summed E-state index contributed by atoms with van der Waals surface area (Å²) in [5.41, 5.74) is 5.88. The van der Waals surface area contributed by atoms with Gasteiger partial charge in [-0.25, -0.2) is 0 Å². The van der Waals surface area contributed by atoms with Crippen molar-refractivity contribution in [2.45, 2.75) is 70.9 Å². The van der Waals surface area contributed by atoms with Gasteiger partial charge in [0.2, 0.25) is 5.91 Å². The van der Waals surface area contributed by atoms with Crippen LogP contribution in [0.2, 0.25) is 0 Å². The minimum atomic E-state index is -0.372. The Bertz CT molecular complexity index is 250. The van der Waals surface area contributed by atoms with E-state index in [2.05, 4.69) is 17.6 Å². The molecule has 0 saturated heterocycles. The molecule has 1 fully saturated rings. The fourth-order valence-electron chi connectivity index (χ4n) is 2.58. The summed E-state index contributed by atoms with van der Waals surface area (Å²) in [5, 5.41) is 6.47. The molecule has 0 aliphatic heterocycles. The lowest BCUT2D eigenvalue weighted by Gasteiger charge is -2.19. The Morgan fingerprint density at radius 1 is 1.21 bits per heavy atom. The Morgan fingerprint density at radius 3 is 2.42 bits per heavy atom. The molecule has 0 heterocycles. The summed E-state index contributed by atoms with van der Waals surface area (Å²) in [6.45, 7) is 5.61. The Kier molecular flexibility index (Phi) is 8.07. The first kappa shape index (κ1) is 16.4. The maximum absolute atomic E-state index is 11.8. The predicted octanol–water partition coefficient (Wildman–Crippen LogP) is 1.79. The number of hydrogen-bond acceptors (Lipinski definition) is 3. The number of carbonyl (C=O) groups excluding carboxylic acids is 1. The minimum absolute atomic E-state index is 0.0167. The molecule has 19 heavy (non-hydrogen) atoms. The Balaban J connectivity index is 2.10. The molecule has 1 aliphatic rings. The third-order valence-corrected chi connectivity index (χ3v) is 4.27. The number of nitrogens with two attached hydrogens (primary N) is 1. The van der Waals surface area contributed by atoms with Gasteiger partial charge in [0.15, 0.2) is 0 Å². The van der Waals surface area contributed by atoms with Crippen LogP contribution in [0, 0.1) is 5.92 Å². The van der Waals surface area contributed by atoms with E-state index >= 15 is 0 Å². The SMILES string of the molecule is CCC(C)C(N)C(=O)NCCNC1CCCCCC1. The van der Waals surface area contributed by atoms with Crippen molar-refractivity contribution >= 4 is 5.91 Å². The monoisotopic (exact) mass is 269 g/mol. The van der Waals surface area contributed by atoms with Gasteiger partial charge in [0.1, 0.15) is 0 Å². The quantitative estimate of drug-likeness (QED) is 0.487. The molecule has 0 aromatic heterocycles. The molecule has 112 valence electrons. The molecule has 0 bridgehead atoms. The van der Waals surface area contributed by atoms with E-state index in [4.69, 9.17) is 5.73 Å². The summed E-state index contributed by atoms with van der Waals surface area (Å²) in [7, 11) is 0. The fraction of sp³-hybridized carbons (Fsp3) is 0.933. The number of hydrogen-bond donors (Lipinski definition) is 3. The highest BCUT2D eigenvalue weighted by molar-refractivity contribution is 5.81. The maximum Gasteiger partial charge on any atom is 0.237 e. The first-order valence-corrected chi connectivity index (χ1v) is 7.91. The van der Waals surface area contributed by atoms with Crippen LogP contribution >= 0.6 is 0 Å². The van der Waals surface area contributed by atoms with Crippen LogP contribution in [0.15, 0.2) is 0 Å². The first-order valence-electron chi connectivity index (χ1n) is 7.91. The first-order chi connectivity index (χ1) is 9.15. The summed E-state index contributed by atoms with van der Waals surface area (Å²) >= 11 is 0. The average molecular weight is 269 g/mol. The van der Waals surface area contributed by atoms with E-state index in [9.17, 15) is 4.79 Å². The molecule has 1 rings (SSSR count). The second kappa shape index (κ2) is 9.32. The van der Waals surface area contributed by atoms with E-state index in [1.54, 1.807) is 0 Å². The van der Waals surface area contributed by atoms with Crippen molar-refractivity contribution in [1.82, 2.24) is 10.6 Å². The zero-order valence-corrected chi connectivity index (χ0v) is 12.6. The van der Waals surface area contributed by atoms with Gasteiger partial charge in [-0.15, -0.1) is 0 Å². The summed E-state index contributed by atoms with van der Waals surface area (Å²) in [4.78, 5) is 11.8. The smallest absolute Gasteiger partial charge is 0.237 e. The lowest BCUT2D eigenvalue weighted by molar-refractivity contribution is -0.123. The van der Waals surface area contributed by atoms with E-state index in [1.165, 1.54) is 38.5 Å². The predicted molar refractivity (Wildman–Crippen MR) is 79.9 cm³/mol. The molecule has 1 amide bonds. The zero-order chi connectivity index (χ0) is 14.1. The van der Waals surface area contributed by atoms with E-state index in [0.29, 0.717) is 12.6 Å². The van der Waals surface area contributed by atoms with Crippen molar-refractivity contribution in [2.75, 3.05) is 13.1 Å². The van der Waals surface area contributed by atoms with Crippen LogP contribution in [0.25, 0.3) is 0 Å². The average Bonchev–Trinajstić information content (AvgIpc) is 2.70. The van der Waals surface area contributed by atoms with Crippen LogP contribution in [0.5, 0.6) is 0 Å². The molecule has 2 unspecified atom stereocenters. The number of rotatable bonds is 7. The molecule has 0 radical (unpaired) electrons. The molecule has 4 heteroatoms. The molecule has 0 aromatic rings. The molecular weight excluding hydrogens is 238 g/mol. The van der Waals surface area contributed by atoms with Crippen LogP contribution in [-0.4, -0.2) is 31.1 Å². The van der Waals surface area contributed by atoms with E-state index < -0.39 is 0 Å². The molecule has 2 atom stereocenters. The lowest BCUT2D eigenvalue weighted by atomic mass is 9.99. The highest BCUT2D eigenvalue weighted by Gasteiger charge is 2.18. The van der Waals surface area contributed by atoms with Crippen molar-refractivity contribution in [2.24, 2.45) is 11.7 Å². The topological polar surface area (TPSA) is 67.2 Å². The minimum Gasteiger partial charge on any atom is -0.353 e. The molecule has 4 N–H and O–H groups in total. The Hall–Kier alpha value is -0.610. The molecule has 0 spiro atoms. The van der Waals surface area contributed by atoms with Crippen LogP contribution in [0.4, 0.5) is 0 Å². The fourth-order valence-corrected chi connectivity index (χ4v) is 2.58. The standard InChI is InChI=1S/C15H31N3O/c1-3-12(2)14(16)15(19)18-11-10-17-13-8-6-4-5-7-9-13/h12-14,17H,3-11,16H2,1-2H3,(H,18,19). The zero-order valence-electron chi connectivity index (χ0n) is 12.6. The normalized spacial score (nSPS) is 20.6. The third-order valence-electron chi connectivity index (χ3n) is 4.27. The maximum atomic E-state index is 11.8. The van der Waals surface area contributed by atoms with E-state index in [1.807, 2.05) is 6.92 Å². The highest BCUT2D eigenvalue weighted by Crippen LogP contribution is 2.16. The summed E-state index contributed by atoms with van der Waals surface area (Å²) < 4.78 is 0. The van der Waals surface area contributed by atoms with Gasteiger partial charge in [0.05, 0.1) is 6.04 Å². The van der Waals surface area contributed by atoms with E-state index in [0.717, 1.165) is 13.0 Å². The summed E-state index contributed by atoms with van der Waals surface area (Å²) in [5.74, 6) is 0.229. The van der Waals surface area contributed by atoms with Gasteiger partial charge >= 0.3 is 0 Å². The van der Waals surface area contributed by atoms with Gasteiger partial charge in [-0.2, -0.15) is 0 Å². The molecule has 0 aromatic carbocycles. The van der Waals surface area contributed by atoms with Crippen molar-refractivity contribution < 1.29 is 4.79 Å². The largest absolute Gasteiger partial charge is 0.353 e. The second-order valence-electron chi connectivity index (χ2n) is 5.84. The van der Waals surface area contributed by atoms with Gasteiger partial charge in [0.25, 0.3) is 0 Å². The molecule has 4 nitrogen and oxygen atoms in total. The van der Waals surface area contributed by atoms with Gasteiger partial charge < -0.3 is 16.4 Å². The molecule has 1 aliphatic carbocycles. The van der Waals surface area contributed by atoms with Crippen molar-refractivity contribution in [3.63, 3.8) is 0 Å². The number of amides is 1. The molecular formula is C15H31N3O. The van der Waals surface area contributed by atoms with Crippen LogP contribution < -0.4 is 16.4 Å². The third kappa shape index (κ3) is 6.39. The molecule has 1 saturated carbocycles. The van der Waals surface area contributed by atoms with Crippen LogP contribution in [-0.2, 0) is 4.79 Å². The number of nitrogens with one attached hydrogen (secondary N) is 2. The summed E-state index contributed by atoms with van der Waals surface area (Å²) in [6, 6.07) is 0.269. The van der Waals surface area contributed by atoms with Crippen LogP contribution in [0.1, 0.15) is 58.8 Å². The second-order valence-corrected chi connectivity index (χ2v) is 5.84. The van der Waals surface area contributed by atoms with Crippen molar-refractivity contribution in [3.05, 3.63) is 0 Å². The van der Waals surface area contributed by atoms with Gasteiger partial charge in [0, 0.05) is 19.1 Å². The van der Waals surface area contributed by atoms with Crippen LogP contribution in [0.3, 0.4) is 0 Å². The number of carbonyl (C=O) groups is 1. The Labute approximate surface area is 117 Å². The highest BCUT2D eigenvalue weighted by atomic mass is 16.2. The van der Waals surface area contributed by atoms with Gasteiger partial charge in [-0.3, -0.25) is 4.79 Å². The van der Waals surface area contributed by atoms with E-state index in [-0.39, 0.29) is 17.9 Å². The van der Waals surface area contributed by atoms with Gasteiger partial charge in [-0.1, -0.05) is 46.0 Å². The van der Waals surface area contributed by atoms with Gasteiger partial charge in [-0.05, 0) is 18.8 Å². The lowest BCUT2D eigenvalue weighted by Crippen LogP contribution is -2.46. The van der Waals surface area contributed by atoms with Crippen molar-refractivity contribution in [3.8, 4) is 0 Å². The summed E-state index contributed by atoms with van der Waals surface area (Å²) in [6.07, 6.45) is 8.92. The van der Waals surface area contributed by atoms with Crippen molar-refractivity contribution in [1.29, 1.82) is 0 Å². The Morgan fingerprint density at radius 2 is 1.84 bits per heavy atom.